The minimum atomic E-state index is -0.324. The van der Waals surface area contributed by atoms with Crippen LogP contribution >= 0.6 is 0 Å². The Labute approximate surface area is 163 Å². The number of aromatic nitrogens is 2. The van der Waals surface area contributed by atoms with Crippen molar-refractivity contribution in [2.45, 2.75) is 38.6 Å². The lowest BCUT2D eigenvalue weighted by Gasteiger charge is -2.27. The summed E-state index contributed by atoms with van der Waals surface area (Å²) in [5, 5.41) is 0. The van der Waals surface area contributed by atoms with E-state index in [0.717, 1.165) is 29.9 Å². The molecule has 2 aromatic rings. The number of nitrogens with zero attached hydrogens (tertiary/aromatic N) is 4. The van der Waals surface area contributed by atoms with Crippen molar-refractivity contribution in [3.05, 3.63) is 58.9 Å². The molecular formula is C21H23FN4O2. The van der Waals surface area contributed by atoms with Gasteiger partial charge in [-0.25, -0.2) is 14.4 Å². The largest absolute Gasteiger partial charge is 0.342 e. The van der Waals surface area contributed by atoms with E-state index < -0.39 is 0 Å². The highest BCUT2D eigenvalue weighted by Gasteiger charge is 2.30. The fourth-order valence-electron chi connectivity index (χ4n) is 3.93. The van der Waals surface area contributed by atoms with Gasteiger partial charge in [0.2, 0.25) is 11.8 Å². The summed E-state index contributed by atoms with van der Waals surface area (Å²) in [7, 11) is 0. The highest BCUT2D eigenvalue weighted by Crippen LogP contribution is 2.27. The number of fused-ring (bicyclic) bond motifs is 1. The minimum absolute atomic E-state index is 0.00293. The van der Waals surface area contributed by atoms with Gasteiger partial charge in [-0.05, 0) is 24.1 Å². The molecule has 4 rings (SSSR count). The van der Waals surface area contributed by atoms with Gasteiger partial charge in [-0.2, -0.15) is 0 Å². The van der Waals surface area contributed by atoms with Crippen molar-refractivity contribution in [2.75, 3.05) is 19.6 Å². The maximum atomic E-state index is 13.3. The number of amides is 2. The lowest BCUT2D eigenvalue weighted by molar-refractivity contribution is -0.130. The Morgan fingerprint density at radius 2 is 2.11 bits per heavy atom. The number of likely N-dealkylation sites (tertiary alicyclic amines) is 1. The molecule has 1 aromatic heterocycles. The number of hydrogen-bond acceptors (Lipinski definition) is 4. The summed E-state index contributed by atoms with van der Waals surface area (Å²) >= 11 is 0. The van der Waals surface area contributed by atoms with Crippen molar-refractivity contribution in [3.63, 3.8) is 0 Å². The van der Waals surface area contributed by atoms with Crippen LogP contribution in [0.2, 0.25) is 0 Å². The number of rotatable bonds is 3. The van der Waals surface area contributed by atoms with Crippen LogP contribution < -0.4 is 0 Å². The fourth-order valence-corrected chi connectivity index (χ4v) is 3.93. The molecule has 0 radical (unpaired) electrons. The summed E-state index contributed by atoms with van der Waals surface area (Å²) in [6, 6.07) is 6.18. The summed E-state index contributed by atoms with van der Waals surface area (Å²) in [6.45, 7) is 4.08. The van der Waals surface area contributed by atoms with Crippen LogP contribution in [0.4, 0.5) is 4.39 Å². The summed E-state index contributed by atoms with van der Waals surface area (Å²) in [6.07, 6.45) is 3.59. The van der Waals surface area contributed by atoms with Crippen molar-refractivity contribution in [1.29, 1.82) is 0 Å². The Kier molecular flexibility index (Phi) is 5.07. The number of carbonyl (C=O) groups excluding carboxylic acids is 2. The minimum Gasteiger partial charge on any atom is -0.342 e. The highest BCUT2D eigenvalue weighted by molar-refractivity contribution is 5.79. The Morgan fingerprint density at radius 3 is 2.89 bits per heavy atom. The van der Waals surface area contributed by atoms with Crippen LogP contribution in [0.25, 0.3) is 0 Å². The normalized spacial score (nSPS) is 18.9. The average Bonchev–Trinajstić information content (AvgIpc) is 3.17. The third-order valence-electron chi connectivity index (χ3n) is 5.55. The van der Waals surface area contributed by atoms with Crippen LogP contribution in [0.3, 0.4) is 0 Å². The molecule has 1 saturated heterocycles. The lowest BCUT2D eigenvalue weighted by atomic mass is 10.0. The standard InChI is InChI=1S/C21H23FN4O2/c1-14(27)25-8-6-19-17(13-25)11-23-21(24-19)16-5-7-26(12-16)20(28)10-15-3-2-4-18(22)9-15/h2-4,9,11,16H,5-8,10,12-13H2,1H3/t16-/m0/s1. The fraction of sp³-hybridized carbons (Fsp3) is 0.429. The molecule has 2 aliphatic heterocycles. The van der Waals surface area contributed by atoms with Crippen LogP contribution in [0.1, 0.15) is 41.9 Å². The van der Waals surface area contributed by atoms with E-state index in [2.05, 4.69) is 4.98 Å². The first kappa shape index (κ1) is 18.5. The Morgan fingerprint density at radius 1 is 1.25 bits per heavy atom. The van der Waals surface area contributed by atoms with E-state index in [4.69, 9.17) is 4.98 Å². The first-order valence-electron chi connectivity index (χ1n) is 9.62. The smallest absolute Gasteiger partial charge is 0.227 e. The number of carbonyl (C=O) groups is 2. The molecule has 0 saturated carbocycles. The van der Waals surface area contributed by atoms with Crippen LogP contribution in [-0.4, -0.2) is 51.2 Å². The second-order valence-electron chi connectivity index (χ2n) is 7.52. The molecule has 2 aliphatic rings. The molecule has 0 N–H and O–H groups in total. The van der Waals surface area contributed by atoms with E-state index in [0.29, 0.717) is 31.7 Å². The van der Waals surface area contributed by atoms with Crippen LogP contribution in [0, 0.1) is 5.82 Å². The van der Waals surface area contributed by atoms with Crippen molar-refractivity contribution in [1.82, 2.24) is 19.8 Å². The quantitative estimate of drug-likeness (QED) is 0.815. The zero-order valence-electron chi connectivity index (χ0n) is 15.9. The topological polar surface area (TPSA) is 66.4 Å². The molecule has 28 heavy (non-hydrogen) atoms. The molecule has 1 fully saturated rings. The van der Waals surface area contributed by atoms with Crippen molar-refractivity contribution in [3.8, 4) is 0 Å². The molecular weight excluding hydrogens is 359 g/mol. The SMILES string of the molecule is CC(=O)N1CCc2nc([C@H]3CCN(C(=O)Cc4cccc(F)c4)C3)ncc2C1. The Hall–Kier alpha value is -2.83. The van der Waals surface area contributed by atoms with Crippen LogP contribution in [0.15, 0.2) is 30.5 Å². The maximum absolute atomic E-state index is 13.3. The monoisotopic (exact) mass is 382 g/mol. The summed E-state index contributed by atoms with van der Waals surface area (Å²) < 4.78 is 13.3. The summed E-state index contributed by atoms with van der Waals surface area (Å²) in [4.78, 5) is 37.0. The second-order valence-corrected chi connectivity index (χ2v) is 7.52. The van der Waals surface area contributed by atoms with Gasteiger partial charge in [0, 0.05) is 57.2 Å². The van der Waals surface area contributed by atoms with E-state index in [-0.39, 0.29) is 30.0 Å². The predicted molar refractivity (Wildman–Crippen MR) is 101 cm³/mol. The van der Waals surface area contributed by atoms with Gasteiger partial charge in [0.05, 0.1) is 12.1 Å². The molecule has 0 aliphatic carbocycles. The highest BCUT2D eigenvalue weighted by atomic mass is 19.1. The summed E-state index contributed by atoms with van der Waals surface area (Å²) in [5.41, 5.74) is 2.70. The van der Waals surface area contributed by atoms with Crippen molar-refractivity contribution >= 4 is 11.8 Å². The maximum Gasteiger partial charge on any atom is 0.227 e. The molecule has 1 aromatic carbocycles. The third-order valence-corrected chi connectivity index (χ3v) is 5.55. The number of benzene rings is 1. The van der Waals surface area contributed by atoms with Crippen LogP contribution in [-0.2, 0) is 29.0 Å². The Balaban J connectivity index is 1.40. The molecule has 146 valence electrons. The molecule has 0 spiro atoms. The molecule has 3 heterocycles. The van der Waals surface area contributed by atoms with Gasteiger partial charge in [0.1, 0.15) is 11.6 Å². The molecule has 1 atom stereocenters. The van der Waals surface area contributed by atoms with E-state index in [1.165, 1.54) is 12.1 Å². The van der Waals surface area contributed by atoms with E-state index in [9.17, 15) is 14.0 Å². The molecule has 2 amide bonds. The van der Waals surface area contributed by atoms with Gasteiger partial charge >= 0.3 is 0 Å². The Bertz CT molecular complexity index is 917. The molecule has 0 unspecified atom stereocenters. The molecule has 0 bridgehead atoms. The number of halogens is 1. The average molecular weight is 382 g/mol. The van der Waals surface area contributed by atoms with Gasteiger partial charge in [-0.3, -0.25) is 9.59 Å². The third kappa shape index (κ3) is 3.88. The van der Waals surface area contributed by atoms with E-state index in [1.54, 1.807) is 24.0 Å². The van der Waals surface area contributed by atoms with Crippen molar-refractivity contribution in [2.24, 2.45) is 0 Å². The van der Waals surface area contributed by atoms with Gasteiger partial charge in [-0.1, -0.05) is 12.1 Å². The first-order valence-corrected chi connectivity index (χ1v) is 9.62. The van der Waals surface area contributed by atoms with E-state index >= 15 is 0 Å². The zero-order chi connectivity index (χ0) is 19.7. The molecule has 7 heteroatoms. The van der Waals surface area contributed by atoms with Crippen LogP contribution in [0.5, 0.6) is 0 Å². The summed E-state index contributed by atoms with van der Waals surface area (Å²) in [5.74, 6) is 0.639. The lowest BCUT2D eigenvalue weighted by Crippen LogP contribution is -2.35. The predicted octanol–water partition coefficient (Wildman–Crippen LogP) is 2.08. The second kappa shape index (κ2) is 7.66. The zero-order valence-corrected chi connectivity index (χ0v) is 15.9. The number of hydrogen-bond donors (Lipinski definition) is 0. The van der Waals surface area contributed by atoms with Gasteiger partial charge < -0.3 is 9.80 Å². The molecule has 6 nitrogen and oxygen atoms in total. The van der Waals surface area contributed by atoms with E-state index in [1.807, 2.05) is 11.1 Å². The van der Waals surface area contributed by atoms with Gasteiger partial charge in [-0.15, -0.1) is 0 Å². The van der Waals surface area contributed by atoms with Crippen molar-refractivity contribution < 1.29 is 14.0 Å². The first-order chi connectivity index (χ1) is 13.5. The van der Waals surface area contributed by atoms with Gasteiger partial charge in [0.15, 0.2) is 0 Å². The van der Waals surface area contributed by atoms with Gasteiger partial charge in [0.25, 0.3) is 0 Å².